The van der Waals surface area contributed by atoms with Crippen LogP contribution in [-0.4, -0.2) is 26.2 Å². The van der Waals surface area contributed by atoms with Gasteiger partial charge in [-0.25, -0.2) is 10.1 Å². The summed E-state index contributed by atoms with van der Waals surface area (Å²) in [5.74, 6) is 7.01. The molecule has 2 rings (SSSR count). The number of hydrogen-bond donors (Lipinski definition) is 3. The van der Waals surface area contributed by atoms with Gasteiger partial charge in [0.15, 0.2) is 5.82 Å². The van der Waals surface area contributed by atoms with Gasteiger partial charge in [-0.3, -0.25) is 0 Å². The van der Waals surface area contributed by atoms with Gasteiger partial charge in [-0.05, 0) is 29.8 Å². The van der Waals surface area contributed by atoms with Crippen LogP contribution >= 0.6 is 0 Å². The van der Waals surface area contributed by atoms with E-state index in [0.717, 1.165) is 5.56 Å². The van der Waals surface area contributed by atoms with Crippen molar-refractivity contribution in [3.63, 3.8) is 0 Å². The summed E-state index contributed by atoms with van der Waals surface area (Å²) in [6.45, 7) is 1.94. The number of anilines is 1. The fourth-order valence-electron chi connectivity index (χ4n) is 1.37. The fraction of sp³-hybridized carbons (Fsp3) is 0.182. The molecule has 0 aliphatic heterocycles. The highest BCUT2D eigenvalue weighted by molar-refractivity contribution is 5.80. The minimum Gasteiger partial charge on any atom is -0.508 e. The number of rotatable bonds is 4. The van der Waals surface area contributed by atoms with Gasteiger partial charge in [0.2, 0.25) is 0 Å². The van der Waals surface area contributed by atoms with Gasteiger partial charge in [0.25, 0.3) is 5.95 Å². The van der Waals surface area contributed by atoms with Crippen molar-refractivity contribution in [1.82, 2.24) is 14.9 Å². The van der Waals surface area contributed by atoms with Crippen LogP contribution in [0.3, 0.4) is 0 Å². The maximum atomic E-state index is 9.13. The lowest BCUT2D eigenvalue weighted by Crippen LogP contribution is -2.14. The van der Waals surface area contributed by atoms with Crippen LogP contribution in [0.4, 0.5) is 5.95 Å². The number of nitrogens with two attached hydrogens (primary N) is 1. The lowest BCUT2D eigenvalue weighted by molar-refractivity contribution is 0.475. The summed E-state index contributed by atoms with van der Waals surface area (Å²) in [4.78, 5) is 0. The van der Waals surface area contributed by atoms with Gasteiger partial charge in [0.05, 0.1) is 6.21 Å². The highest BCUT2D eigenvalue weighted by atomic mass is 16.3. The van der Waals surface area contributed by atoms with Gasteiger partial charge >= 0.3 is 0 Å². The average molecular weight is 246 g/mol. The summed E-state index contributed by atoms with van der Waals surface area (Å²) in [7, 11) is 0. The van der Waals surface area contributed by atoms with Crippen LogP contribution in [-0.2, 0) is 6.42 Å². The monoisotopic (exact) mass is 246 g/mol. The summed E-state index contributed by atoms with van der Waals surface area (Å²) in [5, 5.41) is 20.9. The second-order valence-electron chi connectivity index (χ2n) is 3.62. The number of nitrogens with one attached hydrogen (secondary N) is 1. The maximum absolute atomic E-state index is 9.13. The van der Waals surface area contributed by atoms with Crippen LogP contribution in [0.2, 0.25) is 0 Å². The topological polar surface area (TPSA) is 101 Å². The van der Waals surface area contributed by atoms with Gasteiger partial charge in [0.1, 0.15) is 5.75 Å². The predicted molar refractivity (Wildman–Crippen MR) is 68.9 cm³/mol. The van der Waals surface area contributed by atoms with E-state index in [1.807, 2.05) is 6.92 Å². The maximum Gasteiger partial charge on any atom is 0.263 e. The number of nitrogens with zero attached hydrogens (tertiary/aromatic N) is 4. The van der Waals surface area contributed by atoms with Crippen molar-refractivity contribution in [2.45, 2.75) is 13.3 Å². The molecule has 4 N–H and O–H groups in total. The Morgan fingerprint density at radius 2 is 2.11 bits per heavy atom. The normalized spacial score (nSPS) is 10.9. The van der Waals surface area contributed by atoms with E-state index in [9.17, 15) is 0 Å². The fourth-order valence-corrected chi connectivity index (χ4v) is 1.37. The molecule has 1 heterocycles. The Kier molecular flexibility index (Phi) is 3.42. The van der Waals surface area contributed by atoms with E-state index in [4.69, 9.17) is 10.9 Å². The molecule has 0 bridgehead atoms. The van der Waals surface area contributed by atoms with Crippen LogP contribution in [0.1, 0.15) is 18.3 Å². The zero-order valence-corrected chi connectivity index (χ0v) is 9.91. The summed E-state index contributed by atoms with van der Waals surface area (Å²) < 4.78 is 1.36. The van der Waals surface area contributed by atoms with Gasteiger partial charge in [-0.2, -0.15) is 5.10 Å². The number of hydrazone groups is 1. The number of phenolic OH excluding ortho intramolecular Hbond substituents is 1. The quantitative estimate of drug-likeness (QED) is 0.419. The molecule has 1 aromatic carbocycles. The highest BCUT2D eigenvalue weighted by Gasteiger charge is 2.05. The number of phenols is 1. The van der Waals surface area contributed by atoms with Crippen molar-refractivity contribution >= 4 is 12.2 Å². The lowest BCUT2D eigenvalue weighted by atomic mass is 10.2. The first kappa shape index (κ1) is 11.9. The minimum absolute atomic E-state index is 0.217. The molecule has 1 aromatic heterocycles. The first-order chi connectivity index (χ1) is 8.70. The van der Waals surface area contributed by atoms with Gasteiger partial charge in [0, 0.05) is 6.42 Å². The predicted octanol–water partition coefficient (Wildman–Crippen LogP) is 0.706. The molecule has 0 aliphatic carbocycles. The number of aryl methyl sites for hydroxylation is 1. The molecule has 0 saturated heterocycles. The molecule has 0 radical (unpaired) electrons. The van der Waals surface area contributed by atoms with Crippen LogP contribution in [0.25, 0.3) is 0 Å². The summed E-state index contributed by atoms with van der Waals surface area (Å²) in [6.07, 6.45) is 2.30. The van der Waals surface area contributed by atoms with Crippen molar-refractivity contribution in [3.05, 3.63) is 35.7 Å². The smallest absolute Gasteiger partial charge is 0.263 e. The molecule has 7 nitrogen and oxygen atoms in total. The Labute approximate surface area is 104 Å². The molecule has 0 unspecified atom stereocenters. The Balaban J connectivity index is 2.02. The minimum atomic E-state index is 0.217. The average Bonchev–Trinajstić information content (AvgIpc) is 2.73. The Bertz CT molecular complexity index is 545. The van der Waals surface area contributed by atoms with E-state index < -0.39 is 0 Å². The summed E-state index contributed by atoms with van der Waals surface area (Å²) >= 11 is 0. The molecule has 0 saturated carbocycles. The Hall–Kier alpha value is -2.57. The lowest BCUT2D eigenvalue weighted by Gasteiger charge is -2.00. The highest BCUT2D eigenvalue weighted by Crippen LogP contribution is 2.08. The third-order valence-corrected chi connectivity index (χ3v) is 2.35. The number of nitrogen functional groups attached to an aromatic ring is 1. The third-order valence-electron chi connectivity index (χ3n) is 2.35. The van der Waals surface area contributed by atoms with Gasteiger partial charge < -0.3 is 10.9 Å². The summed E-state index contributed by atoms with van der Waals surface area (Å²) in [5.41, 5.74) is 3.55. The number of aromatic hydroxyl groups is 1. The van der Waals surface area contributed by atoms with Gasteiger partial charge in [-0.15, -0.1) is 10.2 Å². The molecule has 7 heteroatoms. The number of benzene rings is 1. The van der Waals surface area contributed by atoms with E-state index in [2.05, 4.69) is 20.7 Å². The zero-order chi connectivity index (χ0) is 13.0. The summed E-state index contributed by atoms with van der Waals surface area (Å²) in [6, 6.07) is 6.65. The Morgan fingerprint density at radius 1 is 1.39 bits per heavy atom. The van der Waals surface area contributed by atoms with E-state index in [1.165, 1.54) is 4.68 Å². The number of hydrogen-bond acceptors (Lipinski definition) is 6. The standard InChI is InChI=1S/C11H14N6O/c1-2-10-14-16-11(17(10)12)15-13-7-8-3-5-9(18)6-4-8/h3-7,18H,2,12H2,1H3,(H,15,16)/b13-7-. The molecule has 2 aromatic rings. The van der Waals surface area contributed by atoms with Crippen molar-refractivity contribution in [1.29, 1.82) is 0 Å². The third kappa shape index (κ3) is 2.57. The number of aromatic nitrogens is 3. The van der Waals surface area contributed by atoms with Crippen molar-refractivity contribution in [3.8, 4) is 5.75 Å². The van der Waals surface area contributed by atoms with Crippen LogP contribution in [0.15, 0.2) is 29.4 Å². The van der Waals surface area contributed by atoms with Crippen LogP contribution in [0.5, 0.6) is 5.75 Å². The first-order valence-corrected chi connectivity index (χ1v) is 5.48. The van der Waals surface area contributed by atoms with Crippen molar-refractivity contribution < 1.29 is 5.11 Å². The van der Waals surface area contributed by atoms with E-state index >= 15 is 0 Å². The van der Waals surface area contributed by atoms with Crippen LogP contribution < -0.4 is 11.3 Å². The van der Waals surface area contributed by atoms with E-state index in [0.29, 0.717) is 18.2 Å². The van der Waals surface area contributed by atoms with Crippen LogP contribution in [0, 0.1) is 0 Å². The molecular weight excluding hydrogens is 232 g/mol. The molecule has 0 aliphatic rings. The van der Waals surface area contributed by atoms with E-state index in [1.54, 1.807) is 30.5 Å². The first-order valence-electron chi connectivity index (χ1n) is 5.48. The molecular formula is C11H14N6O. The second-order valence-corrected chi connectivity index (χ2v) is 3.62. The molecule has 0 spiro atoms. The Morgan fingerprint density at radius 3 is 2.72 bits per heavy atom. The van der Waals surface area contributed by atoms with Gasteiger partial charge in [-0.1, -0.05) is 6.92 Å². The molecule has 18 heavy (non-hydrogen) atoms. The molecule has 0 amide bonds. The zero-order valence-electron chi connectivity index (χ0n) is 9.91. The molecule has 0 atom stereocenters. The largest absolute Gasteiger partial charge is 0.508 e. The van der Waals surface area contributed by atoms with Crippen molar-refractivity contribution in [2.24, 2.45) is 5.10 Å². The SMILES string of the molecule is CCc1nnc(N/N=C\c2ccc(O)cc2)n1N. The van der Waals surface area contributed by atoms with Crippen molar-refractivity contribution in [2.75, 3.05) is 11.3 Å². The molecule has 94 valence electrons. The molecule has 0 fully saturated rings. The van der Waals surface area contributed by atoms with E-state index in [-0.39, 0.29) is 5.75 Å². The second kappa shape index (κ2) is 5.17.